The van der Waals surface area contributed by atoms with Crippen molar-refractivity contribution < 1.29 is 0 Å². The maximum absolute atomic E-state index is 3.49. The van der Waals surface area contributed by atoms with Gasteiger partial charge in [-0.3, -0.25) is 0 Å². The molecule has 0 saturated carbocycles. The van der Waals surface area contributed by atoms with Crippen LogP contribution in [0.3, 0.4) is 0 Å². The normalized spacial score (nSPS) is 11.1. The first-order valence-electron chi connectivity index (χ1n) is 9.19. The zero-order chi connectivity index (χ0) is 18.2. The molecule has 0 spiro atoms. The van der Waals surface area contributed by atoms with Crippen molar-refractivity contribution in [2.24, 2.45) is 0 Å². The van der Waals surface area contributed by atoms with E-state index in [-0.39, 0.29) is 0 Å². The van der Waals surface area contributed by atoms with Crippen LogP contribution in [0.15, 0.2) is 97.1 Å². The van der Waals surface area contributed by atoms with Gasteiger partial charge in [0, 0.05) is 40.2 Å². The SMILES string of the molecule is CN(c1ccc(-c2ccccc2)cc1)c1ccc2[nH]c3ccccc3c2c1. The predicted octanol–water partition coefficient (Wildman–Crippen LogP) is 6.76. The summed E-state index contributed by atoms with van der Waals surface area (Å²) in [6.45, 7) is 0. The van der Waals surface area contributed by atoms with E-state index in [0.29, 0.717) is 0 Å². The van der Waals surface area contributed by atoms with Gasteiger partial charge in [0.15, 0.2) is 0 Å². The van der Waals surface area contributed by atoms with Crippen molar-refractivity contribution in [2.45, 2.75) is 0 Å². The summed E-state index contributed by atoms with van der Waals surface area (Å²) in [5.41, 5.74) is 7.19. The minimum absolute atomic E-state index is 1.17. The van der Waals surface area contributed by atoms with Crippen LogP contribution in [0, 0.1) is 0 Å². The molecule has 0 atom stereocenters. The van der Waals surface area contributed by atoms with Gasteiger partial charge < -0.3 is 9.88 Å². The molecule has 0 aliphatic carbocycles. The van der Waals surface area contributed by atoms with E-state index in [1.165, 1.54) is 44.3 Å². The van der Waals surface area contributed by atoms with Crippen LogP contribution in [0.4, 0.5) is 11.4 Å². The standard InChI is InChI=1S/C25H20N2/c1-27(20-13-11-19(12-14-20)18-7-3-2-4-8-18)21-15-16-25-23(17-21)22-9-5-6-10-24(22)26-25/h2-17,26H,1H3. The molecule has 27 heavy (non-hydrogen) atoms. The summed E-state index contributed by atoms with van der Waals surface area (Å²) >= 11 is 0. The molecule has 0 radical (unpaired) electrons. The lowest BCUT2D eigenvalue weighted by Gasteiger charge is -2.20. The van der Waals surface area contributed by atoms with Crippen LogP contribution in [0.25, 0.3) is 32.9 Å². The van der Waals surface area contributed by atoms with Gasteiger partial charge in [-0.1, -0.05) is 60.7 Å². The summed E-state index contributed by atoms with van der Waals surface area (Å²) in [7, 11) is 2.12. The highest BCUT2D eigenvalue weighted by Crippen LogP contribution is 2.32. The fraction of sp³-hybridized carbons (Fsp3) is 0.0400. The number of aromatic nitrogens is 1. The number of anilines is 2. The Bertz CT molecular complexity index is 1220. The zero-order valence-corrected chi connectivity index (χ0v) is 15.2. The van der Waals surface area contributed by atoms with Gasteiger partial charge in [0.05, 0.1) is 0 Å². The number of para-hydroxylation sites is 1. The monoisotopic (exact) mass is 348 g/mol. The number of H-pyrrole nitrogens is 1. The lowest BCUT2D eigenvalue weighted by Crippen LogP contribution is -2.08. The molecule has 4 aromatic carbocycles. The summed E-state index contributed by atoms with van der Waals surface area (Å²) in [6.07, 6.45) is 0. The number of nitrogens with zero attached hydrogens (tertiary/aromatic N) is 1. The molecule has 0 amide bonds. The van der Waals surface area contributed by atoms with E-state index >= 15 is 0 Å². The third-order valence-corrected chi connectivity index (χ3v) is 5.24. The Labute approximate surface area is 158 Å². The van der Waals surface area contributed by atoms with Crippen molar-refractivity contribution >= 4 is 33.2 Å². The second-order valence-electron chi connectivity index (χ2n) is 6.87. The smallest absolute Gasteiger partial charge is 0.0466 e. The van der Waals surface area contributed by atoms with E-state index in [1.54, 1.807) is 0 Å². The van der Waals surface area contributed by atoms with Gasteiger partial charge in [-0.2, -0.15) is 0 Å². The third-order valence-electron chi connectivity index (χ3n) is 5.24. The molecule has 0 aliphatic heterocycles. The molecule has 0 unspecified atom stereocenters. The number of hydrogen-bond donors (Lipinski definition) is 1. The lowest BCUT2D eigenvalue weighted by atomic mass is 10.1. The molecule has 5 aromatic rings. The van der Waals surface area contributed by atoms with Crippen LogP contribution < -0.4 is 4.90 Å². The second-order valence-corrected chi connectivity index (χ2v) is 6.87. The Hall–Kier alpha value is -3.52. The number of fused-ring (bicyclic) bond motifs is 3. The van der Waals surface area contributed by atoms with E-state index in [9.17, 15) is 0 Å². The van der Waals surface area contributed by atoms with Gasteiger partial charge in [0.2, 0.25) is 0 Å². The fourth-order valence-electron chi connectivity index (χ4n) is 3.70. The maximum Gasteiger partial charge on any atom is 0.0466 e. The number of benzene rings is 4. The van der Waals surface area contributed by atoms with Crippen LogP contribution in [-0.4, -0.2) is 12.0 Å². The molecular weight excluding hydrogens is 328 g/mol. The molecule has 130 valence electrons. The highest BCUT2D eigenvalue weighted by molar-refractivity contribution is 6.08. The third kappa shape index (κ3) is 2.76. The number of nitrogens with one attached hydrogen (secondary N) is 1. The van der Waals surface area contributed by atoms with Gasteiger partial charge in [0.25, 0.3) is 0 Å². The molecule has 2 nitrogen and oxygen atoms in total. The molecular formula is C25H20N2. The lowest BCUT2D eigenvalue weighted by molar-refractivity contribution is 1.21. The first-order valence-corrected chi connectivity index (χ1v) is 9.19. The Morgan fingerprint density at radius 2 is 1.19 bits per heavy atom. The topological polar surface area (TPSA) is 19.0 Å². The summed E-state index contributed by atoms with van der Waals surface area (Å²) in [5, 5.41) is 2.53. The summed E-state index contributed by atoms with van der Waals surface area (Å²) < 4.78 is 0. The summed E-state index contributed by atoms with van der Waals surface area (Å²) in [4.78, 5) is 5.72. The van der Waals surface area contributed by atoms with Crippen LogP contribution in [0.1, 0.15) is 0 Å². The Morgan fingerprint density at radius 1 is 0.556 bits per heavy atom. The average Bonchev–Trinajstić information content (AvgIpc) is 3.12. The second kappa shape index (κ2) is 6.33. The van der Waals surface area contributed by atoms with Crippen molar-refractivity contribution in [1.82, 2.24) is 4.98 Å². The molecule has 0 bridgehead atoms. The first kappa shape index (κ1) is 15.7. The van der Waals surface area contributed by atoms with Crippen molar-refractivity contribution in [1.29, 1.82) is 0 Å². The Kier molecular flexibility index (Phi) is 3.68. The molecule has 0 fully saturated rings. The Balaban J connectivity index is 1.51. The number of rotatable bonds is 3. The summed E-state index contributed by atoms with van der Waals surface area (Å²) in [5.74, 6) is 0. The van der Waals surface area contributed by atoms with Crippen LogP contribution >= 0.6 is 0 Å². The van der Waals surface area contributed by atoms with Gasteiger partial charge >= 0.3 is 0 Å². The molecule has 2 heteroatoms. The molecule has 5 rings (SSSR count). The quantitative estimate of drug-likeness (QED) is 0.382. The van der Waals surface area contributed by atoms with Crippen molar-refractivity contribution in [3.63, 3.8) is 0 Å². The van der Waals surface area contributed by atoms with E-state index in [0.717, 1.165) is 0 Å². The maximum atomic E-state index is 3.49. The first-order chi connectivity index (χ1) is 13.3. The minimum Gasteiger partial charge on any atom is -0.355 e. The fourth-order valence-corrected chi connectivity index (χ4v) is 3.70. The molecule has 0 aliphatic rings. The van der Waals surface area contributed by atoms with Crippen LogP contribution in [0.5, 0.6) is 0 Å². The van der Waals surface area contributed by atoms with Crippen molar-refractivity contribution in [3.05, 3.63) is 97.1 Å². The predicted molar refractivity (Wildman–Crippen MR) is 116 cm³/mol. The summed E-state index contributed by atoms with van der Waals surface area (Å²) in [6, 6.07) is 34.3. The van der Waals surface area contributed by atoms with Gasteiger partial charge in [-0.25, -0.2) is 0 Å². The zero-order valence-electron chi connectivity index (χ0n) is 15.2. The average molecular weight is 348 g/mol. The van der Waals surface area contributed by atoms with Crippen molar-refractivity contribution in [2.75, 3.05) is 11.9 Å². The minimum atomic E-state index is 1.17. The van der Waals surface area contributed by atoms with Gasteiger partial charge in [-0.05, 0) is 47.5 Å². The Morgan fingerprint density at radius 3 is 2.00 bits per heavy atom. The van der Waals surface area contributed by atoms with E-state index in [2.05, 4.69) is 108 Å². The molecule has 1 N–H and O–H groups in total. The van der Waals surface area contributed by atoms with E-state index in [1.807, 2.05) is 6.07 Å². The highest BCUT2D eigenvalue weighted by Gasteiger charge is 2.09. The number of hydrogen-bond acceptors (Lipinski definition) is 1. The molecule has 1 aromatic heterocycles. The molecule has 1 heterocycles. The van der Waals surface area contributed by atoms with E-state index < -0.39 is 0 Å². The van der Waals surface area contributed by atoms with Gasteiger partial charge in [-0.15, -0.1) is 0 Å². The van der Waals surface area contributed by atoms with Gasteiger partial charge in [0.1, 0.15) is 0 Å². The van der Waals surface area contributed by atoms with Crippen LogP contribution in [-0.2, 0) is 0 Å². The highest BCUT2D eigenvalue weighted by atomic mass is 15.1. The number of aromatic amines is 1. The van der Waals surface area contributed by atoms with E-state index in [4.69, 9.17) is 0 Å². The molecule has 0 saturated heterocycles. The van der Waals surface area contributed by atoms with Crippen molar-refractivity contribution in [3.8, 4) is 11.1 Å². The largest absolute Gasteiger partial charge is 0.355 e. The van der Waals surface area contributed by atoms with Crippen LogP contribution in [0.2, 0.25) is 0 Å².